The van der Waals surface area contributed by atoms with E-state index >= 15 is 0 Å². The molecule has 1 aromatic rings. The SMILES string of the molecule is CCCCN1C(=O)N(c2ccccc2CC)CSC1=NC(C)(C)C. The third-order valence-electron chi connectivity index (χ3n) is 3.85. The molecule has 0 saturated carbocycles. The molecule has 0 atom stereocenters. The predicted molar refractivity (Wildman–Crippen MR) is 105 cm³/mol. The first-order valence-electron chi connectivity index (χ1n) is 8.77. The van der Waals surface area contributed by atoms with Crippen LogP contribution >= 0.6 is 11.8 Å². The van der Waals surface area contributed by atoms with Gasteiger partial charge in [0.2, 0.25) is 0 Å². The van der Waals surface area contributed by atoms with Gasteiger partial charge in [0.1, 0.15) is 0 Å². The summed E-state index contributed by atoms with van der Waals surface area (Å²) in [6, 6.07) is 8.22. The standard InChI is InChI=1S/C19H29N3OS/c1-6-8-13-21-17(20-19(3,4)5)24-14-22(18(21)23)16-12-10-9-11-15(16)7-2/h9-12H,6-8,13-14H2,1-5H3. The molecule has 1 heterocycles. The molecule has 1 aromatic carbocycles. The zero-order chi connectivity index (χ0) is 17.7. The minimum Gasteiger partial charge on any atom is -0.284 e. The van der Waals surface area contributed by atoms with Crippen molar-refractivity contribution in [2.24, 2.45) is 4.99 Å². The summed E-state index contributed by atoms with van der Waals surface area (Å²) in [5, 5.41) is 0.853. The van der Waals surface area contributed by atoms with Gasteiger partial charge in [-0.15, -0.1) is 0 Å². The van der Waals surface area contributed by atoms with E-state index in [0.29, 0.717) is 5.88 Å². The first kappa shape index (κ1) is 18.8. The van der Waals surface area contributed by atoms with E-state index in [0.717, 1.165) is 36.7 Å². The monoisotopic (exact) mass is 347 g/mol. The van der Waals surface area contributed by atoms with Gasteiger partial charge in [-0.3, -0.25) is 14.8 Å². The average Bonchev–Trinajstić information content (AvgIpc) is 2.53. The lowest BCUT2D eigenvalue weighted by Crippen LogP contribution is -2.51. The number of benzene rings is 1. The third-order valence-corrected chi connectivity index (χ3v) is 4.80. The van der Waals surface area contributed by atoms with E-state index in [2.05, 4.69) is 40.7 Å². The predicted octanol–water partition coefficient (Wildman–Crippen LogP) is 5.14. The maximum atomic E-state index is 13.2. The number of rotatable bonds is 5. The molecule has 0 bridgehead atoms. The minimum absolute atomic E-state index is 0.0473. The fourth-order valence-electron chi connectivity index (χ4n) is 2.62. The number of hydrogen-bond donors (Lipinski definition) is 0. The van der Waals surface area contributed by atoms with E-state index in [1.54, 1.807) is 11.8 Å². The van der Waals surface area contributed by atoms with E-state index in [-0.39, 0.29) is 11.6 Å². The van der Waals surface area contributed by atoms with Crippen molar-refractivity contribution in [3.8, 4) is 0 Å². The third kappa shape index (κ3) is 4.53. The number of anilines is 1. The Morgan fingerprint density at radius 3 is 2.54 bits per heavy atom. The van der Waals surface area contributed by atoms with Gasteiger partial charge in [-0.1, -0.05) is 50.2 Å². The Morgan fingerprint density at radius 1 is 1.21 bits per heavy atom. The Balaban J connectivity index is 2.33. The maximum Gasteiger partial charge on any atom is 0.331 e. The van der Waals surface area contributed by atoms with Crippen LogP contribution in [0, 0.1) is 0 Å². The Bertz CT molecular complexity index is 607. The molecular weight excluding hydrogens is 318 g/mol. The summed E-state index contributed by atoms with van der Waals surface area (Å²) in [5.41, 5.74) is 2.04. The van der Waals surface area contributed by atoms with E-state index in [1.165, 1.54) is 5.56 Å². The number of amides is 2. The second kappa shape index (κ2) is 8.06. The molecule has 1 fully saturated rings. The molecule has 2 rings (SSSR count). The normalized spacial score (nSPS) is 17.7. The number of unbranched alkanes of at least 4 members (excludes halogenated alkanes) is 1. The minimum atomic E-state index is -0.184. The number of amidine groups is 1. The van der Waals surface area contributed by atoms with Crippen molar-refractivity contribution in [2.75, 3.05) is 17.3 Å². The Labute approximate surface area is 150 Å². The Kier molecular flexibility index (Phi) is 6.33. The first-order chi connectivity index (χ1) is 11.4. The summed E-state index contributed by atoms with van der Waals surface area (Å²) in [4.78, 5) is 21.7. The van der Waals surface area contributed by atoms with Gasteiger partial charge < -0.3 is 0 Å². The molecule has 5 heteroatoms. The van der Waals surface area contributed by atoms with Crippen molar-refractivity contribution in [3.63, 3.8) is 0 Å². The lowest BCUT2D eigenvalue weighted by molar-refractivity contribution is 0.227. The van der Waals surface area contributed by atoms with Crippen molar-refractivity contribution < 1.29 is 4.79 Å². The van der Waals surface area contributed by atoms with Gasteiger partial charge in [-0.2, -0.15) is 0 Å². The molecule has 0 unspecified atom stereocenters. The number of nitrogens with zero attached hydrogens (tertiary/aromatic N) is 3. The van der Waals surface area contributed by atoms with Crippen molar-refractivity contribution >= 4 is 28.6 Å². The summed E-state index contributed by atoms with van der Waals surface area (Å²) in [6.07, 6.45) is 2.96. The van der Waals surface area contributed by atoms with E-state index < -0.39 is 0 Å². The molecule has 0 spiro atoms. The molecule has 1 aliphatic rings. The first-order valence-corrected chi connectivity index (χ1v) is 9.75. The highest BCUT2D eigenvalue weighted by Gasteiger charge is 2.33. The van der Waals surface area contributed by atoms with Crippen LogP contribution in [0.5, 0.6) is 0 Å². The number of thioether (sulfide) groups is 1. The molecule has 0 aromatic heterocycles. The highest BCUT2D eigenvalue weighted by atomic mass is 32.2. The maximum absolute atomic E-state index is 13.2. The smallest absolute Gasteiger partial charge is 0.284 e. The van der Waals surface area contributed by atoms with Crippen LogP contribution in [-0.2, 0) is 6.42 Å². The molecule has 1 saturated heterocycles. The van der Waals surface area contributed by atoms with E-state index in [9.17, 15) is 4.79 Å². The van der Waals surface area contributed by atoms with Gasteiger partial charge in [0.15, 0.2) is 5.17 Å². The number of hydrogen-bond acceptors (Lipinski definition) is 3. The van der Waals surface area contributed by atoms with Crippen LogP contribution in [0.4, 0.5) is 10.5 Å². The summed E-state index contributed by atoms with van der Waals surface area (Å²) in [5.74, 6) is 0.618. The van der Waals surface area contributed by atoms with Crippen molar-refractivity contribution in [1.29, 1.82) is 0 Å². The molecule has 4 nitrogen and oxygen atoms in total. The number of aryl methyl sites for hydroxylation is 1. The molecule has 24 heavy (non-hydrogen) atoms. The van der Waals surface area contributed by atoms with Gasteiger partial charge in [-0.25, -0.2) is 4.79 Å². The lowest BCUT2D eigenvalue weighted by atomic mass is 10.1. The molecule has 0 radical (unpaired) electrons. The van der Waals surface area contributed by atoms with Crippen LogP contribution in [0.25, 0.3) is 0 Å². The number of urea groups is 1. The van der Waals surface area contributed by atoms with Gasteiger partial charge in [0.25, 0.3) is 0 Å². The molecule has 132 valence electrons. The lowest BCUT2D eigenvalue weighted by Gasteiger charge is -2.37. The molecule has 0 aliphatic carbocycles. The molecule has 0 N–H and O–H groups in total. The van der Waals surface area contributed by atoms with Crippen LogP contribution in [0.15, 0.2) is 29.3 Å². The van der Waals surface area contributed by atoms with Gasteiger partial charge in [0, 0.05) is 12.2 Å². The van der Waals surface area contributed by atoms with Crippen LogP contribution in [-0.4, -0.2) is 34.1 Å². The van der Waals surface area contributed by atoms with Gasteiger partial charge >= 0.3 is 6.03 Å². The Hall–Kier alpha value is -1.49. The summed E-state index contributed by atoms with van der Waals surface area (Å²) in [6.45, 7) is 11.2. The van der Waals surface area contributed by atoms with Crippen LogP contribution in [0.1, 0.15) is 53.0 Å². The summed E-state index contributed by atoms with van der Waals surface area (Å²) in [7, 11) is 0. The molecular formula is C19H29N3OS. The topological polar surface area (TPSA) is 35.9 Å². The second-order valence-corrected chi connectivity index (χ2v) is 7.95. The summed E-state index contributed by atoms with van der Waals surface area (Å²) < 4.78 is 0. The quantitative estimate of drug-likeness (QED) is 0.739. The number of carbonyl (C=O) groups excluding carboxylic acids is 1. The van der Waals surface area contributed by atoms with Crippen LogP contribution in [0.3, 0.4) is 0 Å². The Morgan fingerprint density at radius 2 is 1.92 bits per heavy atom. The molecule has 1 aliphatic heterocycles. The van der Waals surface area contributed by atoms with E-state index in [1.807, 2.05) is 28.0 Å². The highest BCUT2D eigenvalue weighted by molar-refractivity contribution is 8.14. The zero-order valence-electron chi connectivity index (χ0n) is 15.5. The fourth-order valence-corrected chi connectivity index (χ4v) is 3.77. The second-order valence-electron chi connectivity index (χ2n) is 7.04. The highest BCUT2D eigenvalue weighted by Crippen LogP contribution is 2.30. The number of carbonyl (C=O) groups is 1. The van der Waals surface area contributed by atoms with Crippen LogP contribution < -0.4 is 4.90 Å². The van der Waals surface area contributed by atoms with Gasteiger partial charge in [-0.05, 0) is 45.2 Å². The number of aliphatic imine (C=N–C) groups is 1. The number of para-hydroxylation sites is 1. The summed E-state index contributed by atoms with van der Waals surface area (Å²) >= 11 is 1.66. The largest absolute Gasteiger partial charge is 0.331 e. The fraction of sp³-hybridized carbons (Fsp3) is 0.579. The van der Waals surface area contributed by atoms with Crippen molar-refractivity contribution in [2.45, 2.75) is 59.4 Å². The molecule has 2 amide bonds. The van der Waals surface area contributed by atoms with E-state index in [4.69, 9.17) is 4.99 Å². The van der Waals surface area contributed by atoms with Crippen molar-refractivity contribution in [3.05, 3.63) is 29.8 Å². The van der Waals surface area contributed by atoms with Crippen LogP contribution in [0.2, 0.25) is 0 Å². The zero-order valence-corrected chi connectivity index (χ0v) is 16.3. The van der Waals surface area contributed by atoms with Gasteiger partial charge in [0.05, 0.1) is 11.4 Å². The van der Waals surface area contributed by atoms with Crippen molar-refractivity contribution in [1.82, 2.24) is 4.90 Å². The average molecular weight is 348 g/mol.